The van der Waals surface area contributed by atoms with Crippen LogP contribution in [0.25, 0.3) is 0 Å². The van der Waals surface area contributed by atoms with E-state index in [1.54, 1.807) is 4.90 Å². The third-order valence-electron chi connectivity index (χ3n) is 2.92. The summed E-state index contributed by atoms with van der Waals surface area (Å²) in [6, 6.07) is 0.0120. The maximum atomic E-state index is 11.9. The Balaban J connectivity index is 2.40. The van der Waals surface area contributed by atoms with Gasteiger partial charge >= 0.3 is 12.0 Å². The van der Waals surface area contributed by atoms with Crippen LogP contribution in [-0.2, 0) is 9.53 Å². The van der Waals surface area contributed by atoms with Crippen molar-refractivity contribution in [2.75, 3.05) is 19.7 Å². The number of hydrogen-bond donors (Lipinski definition) is 2. The molecule has 1 heterocycles. The molecular formula is C12H22N2O4. The number of nitrogens with one attached hydrogen (secondary N) is 1. The Morgan fingerprint density at radius 3 is 2.89 bits per heavy atom. The van der Waals surface area contributed by atoms with Crippen LogP contribution in [0, 0.1) is 0 Å². The first-order valence-corrected chi connectivity index (χ1v) is 6.41. The largest absolute Gasteiger partial charge is 0.481 e. The summed E-state index contributed by atoms with van der Waals surface area (Å²) in [6.45, 7) is 5.29. The molecule has 1 rings (SSSR count). The highest BCUT2D eigenvalue weighted by molar-refractivity contribution is 5.75. The third-order valence-corrected chi connectivity index (χ3v) is 2.92. The van der Waals surface area contributed by atoms with Gasteiger partial charge in [0.15, 0.2) is 0 Å². The lowest BCUT2D eigenvalue weighted by Crippen LogP contribution is -2.51. The molecule has 1 saturated heterocycles. The predicted molar refractivity (Wildman–Crippen MR) is 66.5 cm³/mol. The van der Waals surface area contributed by atoms with Gasteiger partial charge in [0.05, 0.1) is 19.1 Å². The van der Waals surface area contributed by atoms with Gasteiger partial charge in [-0.15, -0.1) is 0 Å². The first-order chi connectivity index (χ1) is 8.52. The minimum atomic E-state index is -0.901. The number of aliphatic carboxylic acids is 1. The Morgan fingerprint density at radius 2 is 2.28 bits per heavy atom. The zero-order chi connectivity index (χ0) is 13.5. The average Bonchev–Trinajstić information content (AvgIpc) is 2.28. The van der Waals surface area contributed by atoms with Gasteiger partial charge in [0.1, 0.15) is 0 Å². The number of carboxylic acid groups (broad SMARTS) is 1. The van der Waals surface area contributed by atoms with Gasteiger partial charge in [-0.2, -0.15) is 0 Å². The smallest absolute Gasteiger partial charge is 0.317 e. The molecule has 0 aromatic rings. The number of carbonyl (C=O) groups is 2. The fraction of sp³-hybridized carbons (Fsp3) is 0.833. The summed E-state index contributed by atoms with van der Waals surface area (Å²) in [5.74, 6) is -0.901. The van der Waals surface area contributed by atoms with Crippen LogP contribution in [0.15, 0.2) is 0 Å². The van der Waals surface area contributed by atoms with Gasteiger partial charge in [0, 0.05) is 19.1 Å². The van der Waals surface area contributed by atoms with Crippen LogP contribution in [-0.4, -0.2) is 53.8 Å². The van der Waals surface area contributed by atoms with Crippen molar-refractivity contribution in [1.29, 1.82) is 0 Å². The third kappa shape index (κ3) is 4.91. The average molecular weight is 258 g/mol. The molecule has 0 spiro atoms. The highest BCUT2D eigenvalue weighted by Crippen LogP contribution is 2.09. The van der Waals surface area contributed by atoms with E-state index < -0.39 is 12.1 Å². The number of carboxylic acids is 1. The van der Waals surface area contributed by atoms with E-state index in [0.717, 1.165) is 12.8 Å². The van der Waals surface area contributed by atoms with Crippen LogP contribution in [0.3, 0.4) is 0 Å². The van der Waals surface area contributed by atoms with Crippen molar-refractivity contribution in [3.8, 4) is 0 Å². The number of hydrogen-bond acceptors (Lipinski definition) is 3. The maximum Gasteiger partial charge on any atom is 0.317 e. The van der Waals surface area contributed by atoms with E-state index in [4.69, 9.17) is 9.84 Å². The lowest BCUT2D eigenvalue weighted by Gasteiger charge is -2.33. The molecule has 1 aliphatic heterocycles. The molecule has 2 N–H and O–H groups in total. The van der Waals surface area contributed by atoms with Crippen LogP contribution < -0.4 is 5.32 Å². The molecule has 6 nitrogen and oxygen atoms in total. The summed E-state index contributed by atoms with van der Waals surface area (Å²) in [5.41, 5.74) is 0. The molecule has 0 bridgehead atoms. The molecule has 1 aliphatic rings. The normalized spacial score (nSPS) is 21.4. The Kier molecular flexibility index (Phi) is 5.91. The van der Waals surface area contributed by atoms with E-state index in [0.29, 0.717) is 19.7 Å². The minimum Gasteiger partial charge on any atom is -0.481 e. The summed E-state index contributed by atoms with van der Waals surface area (Å²) in [6.07, 6.45) is 1.50. The molecular weight excluding hydrogens is 236 g/mol. The van der Waals surface area contributed by atoms with E-state index in [1.165, 1.54) is 0 Å². The molecule has 1 fully saturated rings. The molecule has 2 unspecified atom stereocenters. The quantitative estimate of drug-likeness (QED) is 0.773. The van der Waals surface area contributed by atoms with E-state index in [9.17, 15) is 9.59 Å². The maximum absolute atomic E-state index is 11.9. The molecule has 2 amide bonds. The second kappa shape index (κ2) is 7.20. The second-order valence-corrected chi connectivity index (χ2v) is 4.68. The van der Waals surface area contributed by atoms with Crippen molar-refractivity contribution in [3.05, 3.63) is 0 Å². The standard InChI is InChI=1S/C12H22N2O4/c1-3-4-9(2)13-12(17)14-5-6-18-10(8-14)7-11(15)16/h9-10H,3-8H2,1-2H3,(H,13,17)(H,15,16). The molecule has 18 heavy (non-hydrogen) atoms. The molecule has 104 valence electrons. The van der Waals surface area contributed by atoms with E-state index in [-0.39, 0.29) is 18.5 Å². The van der Waals surface area contributed by atoms with Gasteiger partial charge < -0.3 is 20.1 Å². The Hall–Kier alpha value is -1.30. The zero-order valence-electron chi connectivity index (χ0n) is 11.0. The number of ether oxygens (including phenoxy) is 1. The Morgan fingerprint density at radius 1 is 1.56 bits per heavy atom. The summed E-state index contributed by atoms with van der Waals surface area (Å²) < 4.78 is 5.32. The van der Waals surface area contributed by atoms with E-state index in [2.05, 4.69) is 12.2 Å². The summed E-state index contributed by atoms with van der Waals surface area (Å²) in [5, 5.41) is 11.6. The summed E-state index contributed by atoms with van der Waals surface area (Å²) >= 11 is 0. The van der Waals surface area contributed by atoms with Crippen LogP contribution in [0.1, 0.15) is 33.1 Å². The summed E-state index contributed by atoms with van der Waals surface area (Å²) in [7, 11) is 0. The van der Waals surface area contributed by atoms with Crippen LogP contribution in [0.4, 0.5) is 4.79 Å². The van der Waals surface area contributed by atoms with Gasteiger partial charge in [-0.25, -0.2) is 4.79 Å². The zero-order valence-corrected chi connectivity index (χ0v) is 11.0. The van der Waals surface area contributed by atoms with Crippen LogP contribution in [0.5, 0.6) is 0 Å². The highest BCUT2D eigenvalue weighted by Gasteiger charge is 2.26. The molecule has 0 aromatic carbocycles. The first-order valence-electron chi connectivity index (χ1n) is 6.41. The van der Waals surface area contributed by atoms with Gasteiger partial charge in [-0.05, 0) is 13.3 Å². The minimum absolute atomic E-state index is 0.0612. The van der Waals surface area contributed by atoms with Gasteiger partial charge in [-0.1, -0.05) is 13.3 Å². The number of nitrogens with zero attached hydrogens (tertiary/aromatic N) is 1. The molecule has 0 aliphatic carbocycles. The number of morpholine rings is 1. The summed E-state index contributed by atoms with van der Waals surface area (Å²) in [4.78, 5) is 24.2. The van der Waals surface area contributed by atoms with Gasteiger partial charge in [-0.3, -0.25) is 4.79 Å². The molecule has 0 saturated carbocycles. The van der Waals surface area contributed by atoms with Crippen molar-refractivity contribution in [3.63, 3.8) is 0 Å². The highest BCUT2D eigenvalue weighted by atomic mass is 16.5. The van der Waals surface area contributed by atoms with Crippen molar-refractivity contribution in [2.24, 2.45) is 0 Å². The number of amides is 2. The van der Waals surface area contributed by atoms with E-state index in [1.807, 2.05) is 6.92 Å². The van der Waals surface area contributed by atoms with Crippen molar-refractivity contribution >= 4 is 12.0 Å². The number of rotatable bonds is 5. The second-order valence-electron chi connectivity index (χ2n) is 4.68. The Labute approximate surface area is 107 Å². The molecule has 0 aromatic heterocycles. The van der Waals surface area contributed by atoms with Crippen molar-refractivity contribution in [2.45, 2.75) is 45.3 Å². The predicted octanol–water partition coefficient (Wildman–Crippen LogP) is 1.06. The topological polar surface area (TPSA) is 78.9 Å². The first kappa shape index (κ1) is 14.8. The van der Waals surface area contributed by atoms with E-state index >= 15 is 0 Å². The van der Waals surface area contributed by atoms with Crippen LogP contribution in [0.2, 0.25) is 0 Å². The lowest BCUT2D eigenvalue weighted by molar-refractivity contribution is -0.141. The number of urea groups is 1. The molecule has 6 heteroatoms. The monoisotopic (exact) mass is 258 g/mol. The fourth-order valence-electron chi connectivity index (χ4n) is 2.03. The van der Waals surface area contributed by atoms with Crippen molar-refractivity contribution in [1.82, 2.24) is 10.2 Å². The van der Waals surface area contributed by atoms with Gasteiger partial charge in [0.2, 0.25) is 0 Å². The SMILES string of the molecule is CCCC(C)NC(=O)N1CCOC(CC(=O)O)C1. The number of carbonyl (C=O) groups excluding carboxylic acids is 1. The van der Waals surface area contributed by atoms with Gasteiger partial charge in [0.25, 0.3) is 0 Å². The lowest BCUT2D eigenvalue weighted by atomic mass is 10.2. The van der Waals surface area contributed by atoms with Crippen molar-refractivity contribution < 1.29 is 19.4 Å². The molecule has 0 radical (unpaired) electrons. The Bertz CT molecular complexity index is 296. The fourth-order valence-corrected chi connectivity index (χ4v) is 2.03. The molecule has 2 atom stereocenters. The van der Waals surface area contributed by atoms with Crippen LogP contribution >= 0.6 is 0 Å².